The van der Waals surface area contributed by atoms with E-state index in [1.165, 1.54) is 13.2 Å². The highest BCUT2D eigenvalue weighted by molar-refractivity contribution is 5.79. The topological polar surface area (TPSA) is 63.5 Å². The number of hydrogen-bond acceptors (Lipinski definition) is 3. The fraction of sp³-hybridized carbons (Fsp3) is 0.474. The highest BCUT2D eigenvalue weighted by Crippen LogP contribution is 2.30. The molecule has 154 valence electrons. The second-order valence-electron chi connectivity index (χ2n) is 6.30. The van der Waals surface area contributed by atoms with Crippen molar-refractivity contribution in [2.45, 2.75) is 32.2 Å². The van der Waals surface area contributed by atoms with E-state index in [1.807, 2.05) is 37.3 Å². The molecule has 1 unspecified atom stereocenters. The maximum Gasteiger partial charge on any atom is 0.435 e. The van der Waals surface area contributed by atoms with E-state index in [4.69, 9.17) is 4.74 Å². The largest absolute Gasteiger partial charge is 0.435 e. The molecule has 0 saturated heterocycles. The number of aromatic nitrogens is 2. The molecule has 0 radical (unpaired) electrons. The Hall–Kier alpha value is -2.55. The number of rotatable bonds is 8. The third-order valence-electron chi connectivity index (χ3n) is 4.09. The fourth-order valence-corrected chi connectivity index (χ4v) is 2.66. The summed E-state index contributed by atoms with van der Waals surface area (Å²) >= 11 is 0. The Bertz CT molecular complexity index is 759. The van der Waals surface area contributed by atoms with Crippen LogP contribution in [0.3, 0.4) is 0 Å². The third kappa shape index (κ3) is 6.56. The Morgan fingerprint density at radius 3 is 2.61 bits per heavy atom. The number of guanidine groups is 1. The molecule has 0 spiro atoms. The van der Waals surface area contributed by atoms with Crippen LogP contribution in [0.2, 0.25) is 0 Å². The molecule has 28 heavy (non-hydrogen) atoms. The lowest BCUT2D eigenvalue weighted by molar-refractivity contribution is -0.142. The molecule has 6 nitrogen and oxygen atoms in total. The van der Waals surface area contributed by atoms with Crippen molar-refractivity contribution in [3.63, 3.8) is 0 Å². The standard InChI is InChI=1S/C19H26F3N5O/c1-14(15-8-5-4-6-9-15)28-11-7-10-24-18(23-2)25-12-16-13-27(3)26-17(16)19(20,21)22/h4-6,8-9,13-14H,7,10-12H2,1-3H3,(H2,23,24,25). The van der Waals surface area contributed by atoms with Crippen molar-refractivity contribution in [1.82, 2.24) is 20.4 Å². The molecule has 0 bridgehead atoms. The predicted molar refractivity (Wildman–Crippen MR) is 102 cm³/mol. The highest BCUT2D eigenvalue weighted by Gasteiger charge is 2.36. The van der Waals surface area contributed by atoms with Gasteiger partial charge in [0.05, 0.1) is 6.10 Å². The van der Waals surface area contributed by atoms with E-state index in [2.05, 4.69) is 20.7 Å². The SMILES string of the molecule is CN=C(NCCCOC(C)c1ccccc1)NCc1cn(C)nc1C(F)(F)F. The molecular weight excluding hydrogens is 371 g/mol. The maximum absolute atomic E-state index is 13.0. The van der Waals surface area contributed by atoms with Crippen LogP contribution >= 0.6 is 0 Å². The first-order chi connectivity index (χ1) is 13.3. The van der Waals surface area contributed by atoms with Gasteiger partial charge in [-0.15, -0.1) is 0 Å². The average molecular weight is 397 g/mol. The van der Waals surface area contributed by atoms with Crippen LogP contribution in [0.1, 0.15) is 36.3 Å². The molecule has 1 heterocycles. The number of hydrogen-bond donors (Lipinski definition) is 2. The van der Waals surface area contributed by atoms with Gasteiger partial charge in [-0.05, 0) is 18.9 Å². The molecule has 0 amide bonds. The summed E-state index contributed by atoms with van der Waals surface area (Å²) in [6, 6.07) is 9.93. The van der Waals surface area contributed by atoms with Crippen LogP contribution in [0.5, 0.6) is 0 Å². The summed E-state index contributed by atoms with van der Waals surface area (Å²) < 4.78 is 45.9. The van der Waals surface area contributed by atoms with Gasteiger partial charge in [0.25, 0.3) is 0 Å². The summed E-state index contributed by atoms with van der Waals surface area (Å²) in [4.78, 5) is 4.03. The molecule has 1 aromatic carbocycles. The van der Waals surface area contributed by atoms with E-state index < -0.39 is 11.9 Å². The van der Waals surface area contributed by atoms with Crippen LogP contribution in [0.15, 0.2) is 41.5 Å². The van der Waals surface area contributed by atoms with Gasteiger partial charge in [0.15, 0.2) is 11.7 Å². The number of ether oxygens (including phenoxy) is 1. The fourth-order valence-electron chi connectivity index (χ4n) is 2.66. The van der Waals surface area contributed by atoms with E-state index in [9.17, 15) is 13.2 Å². The molecule has 0 aliphatic carbocycles. The average Bonchev–Trinajstić information content (AvgIpc) is 3.05. The first kappa shape index (κ1) is 21.7. The van der Waals surface area contributed by atoms with E-state index in [-0.39, 0.29) is 18.2 Å². The van der Waals surface area contributed by atoms with Crippen LogP contribution in [0, 0.1) is 0 Å². The molecule has 0 saturated carbocycles. The minimum absolute atomic E-state index is 0.00464. The zero-order valence-corrected chi connectivity index (χ0v) is 16.3. The highest BCUT2D eigenvalue weighted by atomic mass is 19.4. The number of halogens is 3. The molecule has 2 N–H and O–H groups in total. The van der Waals surface area contributed by atoms with Gasteiger partial charge in [0.2, 0.25) is 0 Å². The second-order valence-corrected chi connectivity index (χ2v) is 6.30. The third-order valence-corrected chi connectivity index (χ3v) is 4.09. The lowest BCUT2D eigenvalue weighted by atomic mass is 10.1. The Morgan fingerprint density at radius 1 is 1.25 bits per heavy atom. The Balaban J connectivity index is 1.72. The molecule has 0 fully saturated rings. The monoisotopic (exact) mass is 397 g/mol. The quantitative estimate of drug-likeness (QED) is 0.408. The van der Waals surface area contributed by atoms with Crippen molar-refractivity contribution in [3.05, 3.63) is 53.3 Å². The molecule has 2 rings (SSSR count). The second kappa shape index (κ2) is 10.1. The van der Waals surface area contributed by atoms with Gasteiger partial charge in [-0.2, -0.15) is 18.3 Å². The predicted octanol–water partition coefficient (Wildman–Crippen LogP) is 3.27. The molecular formula is C19H26F3N5O. The van der Waals surface area contributed by atoms with Crippen molar-refractivity contribution in [2.75, 3.05) is 20.2 Å². The smallest absolute Gasteiger partial charge is 0.374 e. The van der Waals surface area contributed by atoms with Gasteiger partial charge in [-0.1, -0.05) is 30.3 Å². The van der Waals surface area contributed by atoms with E-state index >= 15 is 0 Å². The Labute approximate surface area is 162 Å². The summed E-state index contributed by atoms with van der Waals surface area (Å²) in [7, 11) is 3.03. The van der Waals surface area contributed by atoms with Crippen molar-refractivity contribution < 1.29 is 17.9 Å². The van der Waals surface area contributed by atoms with Crippen molar-refractivity contribution in [3.8, 4) is 0 Å². The lowest BCUT2D eigenvalue weighted by Crippen LogP contribution is -2.37. The normalized spacial score (nSPS) is 13.4. The number of benzene rings is 1. The number of aryl methyl sites for hydroxylation is 1. The van der Waals surface area contributed by atoms with Crippen LogP contribution in [-0.2, 0) is 24.5 Å². The first-order valence-corrected chi connectivity index (χ1v) is 9.02. The summed E-state index contributed by atoms with van der Waals surface area (Å²) in [6.45, 7) is 3.11. The zero-order chi connectivity index (χ0) is 20.6. The summed E-state index contributed by atoms with van der Waals surface area (Å²) in [5, 5.41) is 9.44. The molecule has 0 aliphatic rings. The van der Waals surface area contributed by atoms with Crippen molar-refractivity contribution >= 4 is 5.96 Å². The van der Waals surface area contributed by atoms with Crippen LogP contribution in [0.4, 0.5) is 13.2 Å². The van der Waals surface area contributed by atoms with Crippen LogP contribution in [-0.4, -0.2) is 35.9 Å². The molecule has 9 heteroatoms. The van der Waals surface area contributed by atoms with Crippen LogP contribution in [0.25, 0.3) is 0 Å². The van der Waals surface area contributed by atoms with E-state index in [0.29, 0.717) is 19.1 Å². The van der Waals surface area contributed by atoms with Gasteiger partial charge in [-0.25, -0.2) is 0 Å². The number of aliphatic imine (C=N–C) groups is 1. The van der Waals surface area contributed by atoms with Crippen molar-refractivity contribution in [1.29, 1.82) is 0 Å². The van der Waals surface area contributed by atoms with Crippen LogP contribution < -0.4 is 10.6 Å². The molecule has 0 aliphatic heterocycles. The zero-order valence-electron chi connectivity index (χ0n) is 16.3. The van der Waals surface area contributed by atoms with E-state index in [0.717, 1.165) is 16.7 Å². The number of nitrogens with zero attached hydrogens (tertiary/aromatic N) is 3. The molecule has 1 aromatic heterocycles. The first-order valence-electron chi connectivity index (χ1n) is 9.02. The van der Waals surface area contributed by atoms with Gasteiger partial charge < -0.3 is 15.4 Å². The van der Waals surface area contributed by atoms with Gasteiger partial charge in [0, 0.05) is 45.6 Å². The van der Waals surface area contributed by atoms with Gasteiger partial charge in [0.1, 0.15) is 0 Å². The maximum atomic E-state index is 13.0. The molecule has 2 aromatic rings. The lowest BCUT2D eigenvalue weighted by Gasteiger charge is -2.15. The van der Waals surface area contributed by atoms with Crippen molar-refractivity contribution in [2.24, 2.45) is 12.0 Å². The van der Waals surface area contributed by atoms with Gasteiger partial charge in [-0.3, -0.25) is 9.67 Å². The summed E-state index contributed by atoms with van der Waals surface area (Å²) in [6.07, 6.45) is -2.40. The minimum Gasteiger partial charge on any atom is -0.374 e. The number of nitrogens with one attached hydrogen (secondary N) is 2. The Kier molecular flexibility index (Phi) is 7.86. The van der Waals surface area contributed by atoms with E-state index in [1.54, 1.807) is 7.05 Å². The van der Waals surface area contributed by atoms with Gasteiger partial charge >= 0.3 is 6.18 Å². The molecule has 1 atom stereocenters. The number of alkyl halides is 3. The minimum atomic E-state index is -4.48. The summed E-state index contributed by atoms with van der Waals surface area (Å²) in [5.41, 5.74) is 0.295. The Morgan fingerprint density at radius 2 is 1.96 bits per heavy atom. The summed E-state index contributed by atoms with van der Waals surface area (Å²) in [5.74, 6) is 0.424.